The molecule has 0 aliphatic heterocycles. The summed E-state index contributed by atoms with van der Waals surface area (Å²) in [4.78, 5) is 2.35. The SMILES string of the molecule is C1=Cc2c(n3c4ccccc4c4cc(-c5ccc(N(c6ccc(-c7ccccc7)cc6)c6ccc(-c7ccccc7)cc6)cc5)cc2c43)CC1. The fraction of sp³-hybridized carbons (Fsp3) is 0.0417. The Morgan fingerprint density at radius 1 is 0.420 bits per heavy atom. The van der Waals surface area contributed by atoms with Gasteiger partial charge in [0.05, 0.1) is 11.0 Å². The molecular weight excluding hydrogens is 605 g/mol. The average molecular weight is 639 g/mol. The topological polar surface area (TPSA) is 7.65 Å². The summed E-state index contributed by atoms with van der Waals surface area (Å²) in [7, 11) is 0. The zero-order chi connectivity index (χ0) is 33.0. The number of rotatable bonds is 6. The molecule has 0 saturated carbocycles. The van der Waals surface area contributed by atoms with Crippen LogP contribution in [0.2, 0.25) is 0 Å². The molecule has 0 atom stereocenters. The number of benzene rings is 7. The molecule has 2 heterocycles. The van der Waals surface area contributed by atoms with Crippen molar-refractivity contribution in [3.8, 4) is 33.4 Å². The predicted molar refractivity (Wildman–Crippen MR) is 212 cm³/mol. The lowest BCUT2D eigenvalue weighted by atomic mass is 9.96. The number of allylic oxidation sites excluding steroid dienone is 1. The van der Waals surface area contributed by atoms with Crippen LogP contribution in [-0.4, -0.2) is 4.40 Å². The van der Waals surface area contributed by atoms with Gasteiger partial charge < -0.3 is 9.30 Å². The van der Waals surface area contributed by atoms with Gasteiger partial charge in [0.25, 0.3) is 0 Å². The lowest BCUT2D eigenvalue weighted by molar-refractivity contribution is 0.926. The Bertz CT molecular complexity index is 2560. The molecule has 1 aliphatic carbocycles. The Hall–Kier alpha value is -6.38. The summed E-state index contributed by atoms with van der Waals surface area (Å²) in [6, 6.07) is 61.8. The normalized spacial score (nSPS) is 12.6. The third-order valence-corrected chi connectivity index (χ3v) is 10.4. The van der Waals surface area contributed by atoms with E-state index in [1.54, 1.807) is 0 Å². The fourth-order valence-corrected chi connectivity index (χ4v) is 8.00. The Kier molecular flexibility index (Phi) is 6.67. The van der Waals surface area contributed by atoms with Gasteiger partial charge in [0, 0.05) is 44.5 Å². The van der Waals surface area contributed by atoms with Gasteiger partial charge in [0.2, 0.25) is 0 Å². The van der Waals surface area contributed by atoms with Gasteiger partial charge in [-0.25, -0.2) is 0 Å². The summed E-state index contributed by atoms with van der Waals surface area (Å²) < 4.78 is 2.52. The number of nitrogens with zero attached hydrogens (tertiary/aromatic N) is 2. The molecule has 7 aromatic carbocycles. The van der Waals surface area contributed by atoms with Crippen molar-refractivity contribution in [1.29, 1.82) is 0 Å². The van der Waals surface area contributed by atoms with Gasteiger partial charge in [0.1, 0.15) is 0 Å². The van der Waals surface area contributed by atoms with Gasteiger partial charge in [-0.1, -0.05) is 127 Å². The van der Waals surface area contributed by atoms with Gasteiger partial charge in [-0.05, 0) is 101 Å². The summed E-state index contributed by atoms with van der Waals surface area (Å²) in [6.45, 7) is 0. The van der Waals surface area contributed by atoms with Crippen molar-refractivity contribution in [2.45, 2.75) is 12.8 Å². The van der Waals surface area contributed by atoms with Crippen LogP contribution in [0.4, 0.5) is 17.1 Å². The molecule has 0 bridgehead atoms. The van der Waals surface area contributed by atoms with Crippen molar-refractivity contribution in [3.05, 3.63) is 187 Å². The van der Waals surface area contributed by atoms with E-state index in [-0.39, 0.29) is 0 Å². The summed E-state index contributed by atoms with van der Waals surface area (Å²) >= 11 is 0. The first-order valence-corrected chi connectivity index (χ1v) is 17.5. The second kappa shape index (κ2) is 11.6. The molecule has 2 aromatic heterocycles. The smallest absolute Gasteiger partial charge is 0.0617 e. The van der Waals surface area contributed by atoms with Crippen LogP contribution in [-0.2, 0) is 6.42 Å². The highest BCUT2D eigenvalue weighted by molar-refractivity contribution is 6.18. The number of aromatic nitrogens is 1. The van der Waals surface area contributed by atoms with Gasteiger partial charge in [-0.2, -0.15) is 0 Å². The molecule has 10 rings (SSSR count). The van der Waals surface area contributed by atoms with E-state index in [1.165, 1.54) is 71.8 Å². The highest BCUT2D eigenvalue weighted by atomic mass is 15.1. The minimum absolute atomic E-state index is 1.08. The molecule has 0 saturated heterocycles. The number of hydrogen-bond donors (Lipinski definition) is 0. The number of aryl methyl sites for hydroxylation is 1. The first kappa shape index (κ1) is 28.6. The first-order valence-electron chi connectivity index (χ1n) is 17.5. The van der Waals surface area contributed by atoms with Crippen LogP contribution in [0, 0.1) is 0 Å². The first-order chi connectivity index (χ1) is 24.8. The minimum atomic E-state index is 1.08. The molecule has 0 fully saturated rings. The lowest BCUT2D eigenvalue weighted by Gasteiger charge is -2.26. The van der Waals surface area contributed by atoms with Crippen LogP contribution in [0.3, 0.4) is 0 Å². The summed E-state index contributed by atoms with van der Waals surface area (Å²) in [5.41, 5.74) is 16.2. The number of para-hydroxylation sites is 1. The number of anilines is 3. The Labute approximate surface area is 292 Å². The molecule has 236 valence electrons. The third-order valence-electron chi connectivity index (χ3n) is 10.4. The van der Waals surface area contributed by atoms with Crippen LogP contribution >= 0.6 is 0 Å². The van der Waals surface area contributed by atoms with E-state index < -0.39 is 0 Å². The number of hydrogen-bond acceptors (Lipinski definition) is 1. The average Bonchev–Trinajstić information content (AvgIpc) is 3.71. The summed E-state index contributed by atoms with van der Waals surface area (Å²) in [5, 5.41) is 4.01. The number of fused-ring (bicyclic) bond motifs is 6. The molecule has 0 spiro atoms. The lowest BCUT2D eigenvalue weighted by Crippen LogP contribution is -2.09. The fourth-order valence-electron chi connectivity index (χ4n) is 8.00. The van der Waals surface area contributed by atoms with Crippen LogP contribution < -0.4 is 4.90 Å². The van der Waals surface area contributed by atoms with Crippen LogP contribution in [0.1, 0.15) is 17.7 Å². The van der Waals surface area contributed by atoms with Crippen LogP contribution in [0.5, 0.6) is 0 Å². The van der Waals surface area contributed by atoms with E-state index in [0.29, 0.717) is 0 Å². The van der Waals surface area contributed by atoms with Crippen molar-refractivity contribution in [3.63, 3.8) is 0 Å². The molecular formula is C48H34N2. The molecule has 1 aliphatic rings. The van der Waals surface area contributed by atoms with Crippen molar-refractivity contribution < 1.29 is 0 Å². The minimum Gasteiger partial charge on any atom is -0.312 e. The predicted octanol–water partition coefficient (Wildman–Crippen LogP) is 13.1. The van der Waals surface area contributed by atoms with E-state index in [9.17, 15) is 0 Å². The second-order valence-electron chi connectivity index (χ2n) is 13.3. The highest BCUT2D eigenvalue weighted by Gasteiger charge is 2.23. The molecule has 2 nitrogen and oxygen atoms in total. The highest BCUT2D eigenvalue weighted by Crippen LogP contribution is 2.43. The van der Waals surface area contributed by atoms with E-state index >= 15 is 0 Å². The van der Waals surface area contributed by atoms with Gasteiger partial charge in [-0.15, -0.1) is 0 Å². The molecule has 9 aromatic rings. The Morgan fingerprint density at radius 3 is 1.48 bits per heavy atom. The zero-order valence-corrected chi connectivity index (χ0v) is 27.6. The molecule has 0 unspecified atom stereocenters. The largest absolute Gasteiger partial charge is 0.312 e. The molecule has 0 amide bonds. The van der Waals surface area contributed by atoms with E-state index in [0.717, 1.165) is 29.9 Å². The zero-order valence-electron chi connectivity index (χ0n) is 27.6. The molecule has 50 heavy (non-hydrogen) atoms. The van der Waals surface area contributed by atoms with Gasteiger partial charge in [0.15, 0.2) is 0 Å². The maximum absolute atomic E-state index is 2.52. The van der Waals surface area contributed by atoms with E-state index in [1.807, 2.05) is 0 Å². The standard InChI is InChI=1S/C48H34N2/c1-3-11-33(12-4-1)35-19-25-39(26-20-35)49(40-27-21-36(22-28-40)34-13-5-2-6-14-34)41-29-23-37(24-30-41)38-31-44-42-15-7-9-17-46(42)50-47-18-10-8-16-43(47)45(32-38)48(44)50/h1-9,11-17,19-32H,10,18H2. The van der Waals surface area contributed by atoms with E-state index in [4.69, 9.17) is 0 Å². The van der Waals surface area contributed by atoms with Crippen molar-refractivity contribution in [1.82, 2.24) is 4.40 Å². The summed E-state index contributed by atoms with van der Waals surface area (Å²) in [5.74, 6) is 0. The van der Waals surface area contributed by atoms with Crippen LogP contribution in [0.15, 0.2) is 176 Å². The Morgan fingerprint density at radius 2 is 0.900 bits per heavy atom. The summed E-state index contributed by atoms with van der Waals surface area (Å²) in [6.07, 6.45) is 6.84. The van der Waals surface area contributed by atoms with Gasteiger partial charge in [-0.3, -0.25) is 0 Å². The van der Waals surface area contributed by atoms with Crippen molar-refractivity contribution >= 4 is 50.3 Å². The third kappa shape index (κ3) is 4.64. The second-order valence-corrected chi connectivity index (χ2v) is 13.3. The Balaban J connectivity index is 1.07. The molecule has 2 heteroatoms. The molecule has 0 N–H and O–H groups in total. The maximum atomic E-state index is 2.52. The van der Waals surface area contributed by atoms with Gasteiger partial charge >= 0.3 is 0 Å². The van der Waals surface area contributed by atoms with Crippen molar-refractivity contribution in [2.75, 3.05) is 4.90 Å². The van der Waals surface area contributed by atoms with Crippen molar-refractivity contribution in [2.24, 2.45) is 0 Å². The van der Waals surface area contributed by atoms with E-state index in [2.05, 4.69) is 191 Å². The molecule has 0 radical (unpaired) electrons. The maximum Gasteiger partial charge on any atom is 0.0617 e. The quantitative estimate of drug-likeness (QED) is 0.176. The van der Waals surface area contributed by atoms with Crippen LogP contribution in [0.25, 0.3) is 66.6 Å². The monoisotopic (exact) mass is 638 g/mol.